The van der Waals surface area contributed by atoms with Gasteiger partial charge in [0.1, 0.15) is 0 Å². The minimum absolute atomic E-state index is 0.00926. The molecule has 0 radical (unpaired) electrons. The summed E-state index contributed by atoms with van der Waals surface area (Å²) in [7, 11) is 0. The van der Waals surface area contributed by atoms with Crippen LogP contribution in [0.15, 0.2) is 36.7 Å². The van der Waals surface area contributed by atoms with E-state index in [4.69, 9.17) is 5.11 Å². The SMILES string of the molecule is CC(C)n1cc(NC(=O)Cc2ccccc2C(=O)O)cn1. The fraction of sp³-hybridized carbons (Fsp3) is 0.267. The summed E-state index contributed by atoms with van der Waals surface area (Å²) in [4.78, 5) is 23.1. The smallest absolute Gasteiger partial charge is 0.335 e. The first-order valence-electron chi connectivity index (χ1n) is 6.62. The molecule has 0 bridgehead atoms. The molecule has 0 saturated carbocycles. The normalized spacial score (nSPS) is 10.6. The zero-order valence-electron chi connectivity index (χ0n) is 11.9. The molecule has 2 aromatic rings. The van der Waals surface area contributed by atoms with Gasteiger partial charge >= 0.3 is 5.97 Å². The van der Waals surface area contributed by atoms with Gasteiger partial charge in [-0.2, -0.15) is 5.10 Å². The van der Waals surface area contributed by atoms with E-state index >= 15 is 0 Å². The van der Waals surface area contributed by atoms with Gasteiger partial charge in [-0.3, -0.25) is 9.48 Å². The van der Waals surface area contributed by atoms with E-state index in [1.54, 1.807) is 35.3 Å². The van der Waals surface area contributed by atoms with E-state index < -0.39 is 5.97 Å². The summed E-state index contributed by atoms with van der Waals surface area (Å²) in [5.74, 6) is -1.31. The zero-order chi connectivity index (χ0) is 15.4. The van der Waals surface area contributed by atoms with Crippen LogP contribution in [-0.2, 0) is 11.2 Å². The van der Waals surface area contributed by atoms with Crippen LogP contribution in [-0.4, -0.2) is 26.8 Å². The molecule has 0 saturated heterocycles. The maximum Gasteiger partial charge on any atom is 0.335 e. The molecule has 0 aliphatic carbocycles. The van der Waals surface area contributed by atoms with E-state index in [9.17, 15) is 9.59 Å². The van der Waals surface area contributed by atoms with Crippen LogP contribution in [0.1, 0.15) is 35.8 Å². The predicted octanol–water partition coefficient (Wildman–Crippen LogP) is 2.34. The topological polar surface area (TPSA) is 84.2 Å². The van der Waals surface area contributed by atoms with E-state index in [1.807, 2.05) is 13.8 Å². The lowest BCUT2D eigenvalue weighted by molar-refractivity contribution is -0.115. The van der Waals surface area contributed by atoms with Gasteiger partial charge in [0, 0.05) is 12.2 Å². The van der Waals surface area contributed by atoms with Crippen molar-refractivity contribution in [2.24, 2.45) is 0 Å². The molecule has 21 heavy (non-hydrogen) atoms. The molecule has 1 aromatic heterocycles. The van der Waals surface area contributed by atoms with Gasteiger partial charge in [-0.25, -0.2) is 4.79 Å². The fourth-order valence-corrected chi connectivity index (χ4v) is 1.95. The third-order valence-corrected chi connectivity index (χ3v) is 3.01. The molecule has 2 rings (SSSR count). The van der Waals surface area contributed by atoms with Crippen molar-refractivity contribution in [1.82, 2.24) is 9.78 Å². The van der Waals surface area contributed by atoms with E-state index in [2.05, 4.69) is 10.4 Å². The van der Waals surface area contributed by atoms with Crippen LogP contribution in [0.2, 0.25) is 0 Å². The first kappa shape index (κ1) is 14.8. The van der Waals surface area contributed by atoms with Crippen LogP contribution < -0.4 is 5.32 Å². The Bertz CT molecular complexity index is 662. The Morgan fingerprint density at radius 1 is 1.33 bits per heavy atom. The molecular weight excluding hydrogens is 270 g/mol. The first-order valence-corrected chi connectivity index (χ1v) is 6.62. The molecule has 6 heteroatoms. The first-order chi connectivity index (χ1) is 9.97. The Labute approximate surface area is 122 Å². The Balaban J connectivity index is 2.06. The van der Waals surface area contributed by atoms with Crippen LogP contribution in [0.4, 0.5) is 5.69 Å². The highest BCUT2D eigenvalue weighted by atomic mass is 16.4. The number of aromatic nitrogens is 2. The lowest BCUT2D eigenvalue weighted by atomic mass is 10.0. The van der Waals surface area contributed by atoms with Crippen molar-refractivity contribution >= 4 is 17.6 Å². The molecule has 0 aliphatic rings. The molecule has 110 valence electrons. The number of amides is 1. The van der Waals surface area contributed by atoms with Gasteiger partial charge in [0.2, 0.25) is 5.91 Å². The molecule has 0 unspecified atom stereocenters. The number of carbonyl (C=O) groups is 2. The van der Waals surface area contributed by atoms with Crippen molar-refractivity contribution in [2.75, 3.05) is 5.32 Å². The van der Waals surface area contributed by atoms with Gasteiger partial charge < -0.3 is 10.4 Å². The summed E-state index contributed by atoms with van der Waals surface area (Å²) in [6.07, 6.45) is 3.32. The van der Waals surface area contributed by atoms with Crippen LogP contribution in [0.3, 0.4) is 0 Å². The number of carboxylic acid groups (broad SMARTS) is 1. The van der Waals surface area contributed by atoms with Gasteiger partial charge in [-0.05, 0) is 25.5 Å². The summed E-state index contributed by atoms with van der Waals surface area (Å²) >= 11 is 0. The number of hydrogen-bond donors (Lipinski definition) is 2. The van der Waals surface area contributed by atoms with Gasteiger partial charge in [0.15, 0.2) is 0 Å². The van der Waals surface area contributed by atoms with Crippen molar-refractivity contribution < 1.29 is 14.7 Å². The summed E-state index contributed by atoms with van der Waals surface area (Å²) in [6, 6.07) is 6.69. The molecule has 2 N–H and O–H groups in total. The number of nitrogens with one attached hydrogen (secondary N) is 1. The van der Waals surface area contributed by atoms with E-state index in [1.165, 1.54) is 6.07 Å². The van der Waals surface area contributed by atoms with Crippen LogP contribution in [0.25, 0.3) is 0 Å². The molecule has 1 heterocycles. The highest BCUT2D eigenvalue weighted by Gasteiger charge is 2.13. The second-order valence-electron chi connectivity index (χ2n) is 4.99. The standard InChI is InChI=1S/C15H17N3O3/c1-10(2)18-9-12(8-16-18)17-14(19)7-11-5-3-4-6-13(11)15(20)21/h3-6,8-10H,7H2,1-2H3,(H,17,19)(H,20,21). The van der Waals surface area contributed by atoms with Crippen molar-refractivity contribution in [3.8, 4) is 0 Å². The summed E-state index contributed by atoms with van der Waals surface area (Å²) in [6.45, 7) is 3.98. The summed E-state index contributed by atoms with van der Waals surface area (Å²) in [5, 5.41) is 15.9. The van der Waals surface area contributed by atoms with Gasteiger partial charge in [-0.1, -0.05) is 18.2 Å². The summed E-state index contributed by atoms with van der Waals surface area (Å²) in [5.41, 5.74) is 1.23. The number of nitrogens with zero attached hydrogens (tertiary/aromatic N) is 2. The Morgan fingerprint density at radius 3 is 2.67 bits per heavy atom. The fourth-order valence-electron chi connectivity index (χ4n) is 1.95. The Morgan fingerprint density at radius 2 is 2.05 bits per heavy atom. The van der Waals surface area contributed by atoms with Crippen molar-refractivity contribution in [3.05, 3.63) is 47.8 Å². The highest BCUT2D eigenvalue weighted by Crippen LogP contribution is 2.13. The third kappa shape index (κ3) is 3.68. The van der Waals surface area contributed by atoms with Crippen molar-refractivity contribution in [3.63, 3.8) is 0 Å². The average Bonchev–Trinajstić information content (AvgIpc) is 2.87. The number of carbonyl (C=O) groups excluding carboxylic acids is 1. The zero-order valence-corrected chi connectivity index (χ0v) is 11.9. The predicted molar refractivity (Wildman–Crippen MR) is 78.3 cm³/mol. The van der Waals surface area contributed by atoms with Gasteiger partial charge in [0.25, 0.3) is 0 Å². The van der Waals surface area contributed by atoms with Crippen molar-refractivity contribution in [2.45, 2.75) is 26.3 Å². The average molecular weight is 287 g/mol. The third-order valence-electron chi connectivity index (χ3n) is 3.01. The van der Waals surface area contributed by atoms with Gasteiger partial charge in [-0.15, -0.1) is 0 Å². The van der Waals surface area contributed by atoms with E-state index in [0.717, 1.165) is 0 Å². The quantitative estimate of drug-likeness (QED) is 0.884. The molecule has 1 aromatic carbocycles. The number of aromatic carboxylic acids is 1. The largest absolute Gasteiger partial charge is 0.478 e. The lowest BCUT2D eigenvalue weighted by Gasteiger charge is -2.06. The van der Waals surface area contributed by atoms with Crippen LogP contribution in [0.5, 0.6) is 0 Å². The number of hydrogen-bond acceptors (Lipinski definition) is 3. The highest BCUT2D eigenvalue weighted by molar-refractivity contribution is 5.95. The number of anilines is 1. The molecule has 0 fully saturated rings. The Kier molecular flexibility index (Phi) is 4.37. The molecular formula is C15H17N3O3. The second kappa shape index (κ2) is 6.21. The molecule has 0 atom stereocenters. The number of carboxylic acids is 1. The van der Waals surface area contributed by atoms with Crippen molar-refractivity contribution in [1.29, 1.82) is 0 Å². The lowest BCUT2D eigenvalue weighted by Crippen LogP contribution is -2.16. The van der Waals surface area contributed by atoms with E-state index in [-0.39, 0.29) is 23.9 Å². The van der Waals surface area contributed by atoms with Gasteiger partial charge in [0.05, 0.1) is 23.9 Å². The Hall–Kier alpha value is -2.63. The number of rotatable bonds is 5. The maximum atomic E-state index is 12.0. The monoisotopic (exact) mass is 287 g/mol. The van der Waals surface area contributed by atoms with E-state index in [0.29, 0.717) is 11.3 Å². The number of benzene rings is 1. The van der Waals surface area contributed by atoms with Crippen LogP contribution >= 0.6 is 0 Å². The molecule has 1 amide bonds. The minimum atomic E-state index is -1.04. The molecule has 0 aliphatic heterocycles. The molecule has 0 spiro atoms. The minimum Gasteiger partial charge on any atom is -0.478 e. The maximum absolute atomic E-state index is 12.0. The second-order valence-corrected chi connectivity index (χ2v) is 4.99. The molecule has 6 nitrogen and oxygen atoms in total. The van der Waals surface area contributed by atoms with Crippen LogP contribution in [0, 0.1) is 0 Å². The summed E-state index contributed by atoms with van der Waals surface area (Å²) < 4.78 is 1.74.